The summed E-state index contributed by atoms with van der Waals surface area (Å²) < 4.78 is 16.8. The van der Waals surface area contributed by atoms with E-state index in [-0.39, 0.29) is 0 Å². The molecule has 0 bridgehead atoms. The molecule has 2 rings (SSSR count). The first kappa shape index (κ1) is 12.1. The molecule has 1 unspecified atom stereocenters. The van der Waals surface area contributed by atoms with E-state index in [9.17, 15) is 4.57 Å². The third kappa shape index (κ3) is 1.94. The quantitative estimate of drug-likeness (QED) is 0.767. The molecule has 0 saturated carbocycles. The summed E-state index contributed by atoms with van der Waals surface area (Å²) in [6.07, 6.45) is 3.49. The van der Waals surface area contributed by atoms with Crippen LogP contribution in [0, 0.1) is 0 Å². The van der Waals surface area contributed by atoms with Gasteiger partial charge in [-0.2, -0.15) is 0 Å². The molecule has 0 radical (unpaired) electrons. The van der Waals surface area contributed by atoms with Crippen molar-refractivity contribution < 1.29 is 4.57 Å². The first-order valence-electron chi connectivity index (χ1n) is 5.38. The maximum Gasteiger partial charge on any atom is 0.240 e. The molecule has 90 valence electrons. The van der Waals surface area contributed by atoms with Gasteiger partial charge in [-0.25, -0.2) is 4.98 Å². The zero-order chi connectivity index (χ0) is 12.5. The molecule has 0 spiro atoms. The number of hydrogen-bond acceptors (Lipinski definition) is 2. The number of aromatic nitrogens is 2. The van der Waals surface area contributed by atoms with Crippen LogP contribution in [0.15, 0.2) is 42.7 Å². The minimum atomic E-state index is -2.80. The fourth-order valence-corrected chi connectivity index (χ4v) is 4.15. The average Bonchev–Trinajstić information content (AvgIpc) is 2.76. The second-order valence-corrected chi connectivity index (χ2v) is 6.97. The summed E-state index contributed by atoms with van der Waals surface area (Å²) in [5.41, 5.74) is 0.605. The maximum atomic E-state index is 13.2. The van der Waals surface area contributed by atoms with Crippen LogP contribution in [0.1, 0.15) is 0 Å². The lowest BCUT2D eigenvalue weighted by Crippen LogP contribution is -2.31. The number of benzene rings is 1. The second-order valence-electron chi connectivity index (χ2n) is 4.10. The number of rotatable bonds is 3. The standard InChI is InChI=1S/C12H16N3OP/c1-14(2)17(16,11-7-5-4-6-8-11)12-13-9-10-15(12)3/h4-10H,1-3H3. The topological polar surface area (TPSA) is 38.1 Å². The highest BCUT2D eigenvalue weighted by Crippen LogP contribution is 2.44. The molecule has 0 amide bonds. The highest BCUT2D eigenvalue weighted by Gasteiger charge is 2.33. The largest absolute Gasteiger partial charge is 0.330 e. The van der Waals surface area contributed by atoms with Crippen molar-refractivity contribution in [1.82, 2.24) is 14.2 Å². The summed E-state index contributed by atoms with van der Waals surface area (Å²) in [5, 5.41) is 0.805. The Labute approximate surface area is 101 Å². The van der Waals surface area contributed by atoms with E-state index >= 15 is 0 Å². The van der Waals surface area contributed by atoms with Gasteiger partial charge in [0.1, 0.15) is 0 Å². The van der Waals surface area contributed by atoms with E-state index in [0.717, 1.165) is 5.30 Å². The van der Waals surface area contributed by atoms with Gasteiger partial charge in [0.15, 0.2) is 5.57 Å². The summed E-state index contributed by atoms with van der Waals surface area (Å²) in [6.45, 7) is 0. The summed E-state index contributed by atoms with van der Waals surface area (Å²) in [6, 6.07) is 9.48. The predicted octanol–water partition coefficient (Wildman–Crippen LogP) is 1.21. The van der Waals surface area contributed by atoms with Crippen LogP contribution in [0.4, 0.5) is 0 Å². The van der Waals surface area contributed by atoms with Crippen LogP contribution in [0.3, 0.4) is 0 Å². The van der Waals surface area contributed by atoms with Gasteiger partial charge in [-0.1, -0.05) is 18.2 Å². The van der Waals surface area contributed by atoms with Crippen molar-refractivity contribution in [3.63, 3.8) is 0 Å². The van der Waals surface area contributed by atoms with Crippen molar-refractivity contribution in [1.29, 1.82) is 0 Å². The van der Waals surface area contributed by atoms with E-state index in [0.29, 0.717) is 5.57 Å². The van der Waals surface area contributed by atoms with Crippen LogP contribution in [0.5, 0.6) is 0 Å². The third-order valence-electron chi connectivity index (χ3n) is 2.74. The Morgan fingerprint density at radius 2 is 1.88 bits per heavy atom. The van der Waals surface area contributed by atoms with Crippen molar-refractivity contribution in [3.05, 3.63) is 42.7 Å². The van der Waals surface area contributed by atoms with E-state index in [1.807, 2.05) is 62.2 Å². The van der Waals surface area contributed by atoms with E-state index in [2.05, 4.69) is 4.98 Å². The van der Waals surface area contributed by atoms with Crippen LogP contribution < -0.4 is 10.9 Å². The molecule has 5 heteroatoms. The van der Waals surface area contributed by atoms with Gasteiger partial charge in [0.2, 0.25) is 7.29 Å². The number of aryl methyl sites for hydroxylation is 1. The van der Waals surface area contributed by atoms with Crippen molar-refractivity contribution in [2.45, 2.75) is 0 Å². The van der Waals surface area contributed by atoms with Gasteiger partial charge in [0, 0.05) is 24.7 Å². The predicted molar refractivity (Wildman–Crippen MR) is 70.2 cm³/mol. The SMILES string of the molecule is CN(C)P(=O)(c1ccccc1)c1nccn1C. The molecular formula is C12H16N3OP. The van der Waals surface area contributed by atoms with Gasteiger partial charge >= 0.3 is 0 Å². The van der Waals surface area contributed by atoms with Crippen LogP contribution in [0.2, 0.25) is 0 Å². The first-order valence-corrected chi connectivity index (χ1v) is 7.04. The molecule has 0 aliphatic carbocycles. The normalized spacial score (nSPS) is 14.8. The average molecular weight is 249 g/mol. The van der Waals surface area contributed by atoms with E-state index in [1.54, 1.807) is 10.9 Å². The van der Waals surface area contributed by atoms with Crippen molar-refractivity contribution >= 4 is 18.2 Å². The highest BCUT2D eigenvalue weighted by atomic mass is 31.2. The lowest BCUT2D eigenvalue weighted by atomic mass is 10.4. The molecule has 1 heterocycles. The Bertz CT molecular complexity index is 548. The Morgan fingerprint density at radius 1 is 1.24 bits per heavy atom. The molecule has 0 saturated heterocycles. The molecule has 0 N–H and O–H groups in total. The minimum Gasteiger partial charge on any atom is -0.330 e. The van der Waals surface area contributed by atoms with Gasteiger partial charge in [-0.05, 0) is 26.2 Å². The van der Waals surface area contributed by atoms with Crippen LogP contribution >= 0.6 is 7.29 Å². The van der Waals surface area contributed by atoms with Gasteiger partial charge in [0.05, 0.1) is 0 Å². The Kier molecular flexibility index (Phi) is 3.18. The van der Waals surface area contributed by atoms with Crippen LogP contribution in [-0.4, -0.2) is 28.3 Å². The smallest absolute Gasteiger partial charge is 0.240 e. The Morgan fingerprint density at radius 3 is 2.35 bits per heavy atom. The van der Waals surface area contributed by atoms with E-state index < -0.39 is 7.29 Å². The first-order chi connectivity index (χ1) is 8.06. The van der Waals surface area contributed by atoms with Crippen molar-refractivity contribution in [3.8, 4) is 0 Å². The summed E-state index contributed by atoms with van der Waals surface area (Å²) in [5.74, 6) is 0. The maximum absolute atomic E-state index is 13.2. The fourth-order valence-electron chi connectivity index (χ4n) is 1.81. The van der Waals surface area contributed by atoms with Crippen molar-refractivity contribution in [2.24, 2.45) is 7.05 Å². The number of hydrogen-bond donors (Lipinski definition) is 0. The number of nitrogens with zero attached hydrogens (tertiary/aromatic N) is 3. The van der Waals surface area contributed by atoms with Gasteiger partial charge < -0.3 is 4.57 Å². The van der Waals surface area contributed by atoms with E-state index in [4.69, 9.17) is 0 Å². The number of imidazole rings is 1. The lowest BCUT2D eigenvalue weighted by molar-refractivity contribution is 0.530. The fraction of sp³-hybridized carbons (Fsp3) is 0.250. The molecule has 2 aromatic rings. The molecular weight excluding hydrogens is 233 g/mol. The Balaban J connectivity index is 2.64. The molecule has 0 fully saturated rings. The van der Waals surface area contributed by atoms with Crippen LogP contribution in [-0.2, 0) is 11.6 Å². The monoisotopic (exact) mass is 249 g/mol. The molecule has 4 nitrogen and oxygen atoms in total. The summed E-state index contributed by atoms with van der Waals surface area (Å²) in [4.78, 5) is 4.24. The zero-order valence-electron chi connectivity index (χ0n) is 10.2. The van der Waals surface area contributed by atoms with Crippen molar-refractivity contribution in [2.75, 3.05) is 14.1 Å². The highest BCUT2D eigenvalue weighted by molar-refractivity contribution is 7.76. The molecule has 1 aromatic heterocycles. The molecule has 0 aliphatic heterocycles. The van der Waals surface area contributed by atoms with Gasteiger partial charge in [0.25, 0.3) is 0 Å². The van der Waals surface area contributed by atoms with Gasteiger partial charge in [-0.15, -0.1) is 0 Å². The third-order valence-corrected chi connectivity index (χ3v) is 5.83. The van der Waals surface area contributed by atoms with Gasteiger partial charge in [-0.3, -0.25) is 9.24 Å². The summed E-state index contributed by atoms with van der Waals surface area (Å²) in [7, 11) is 2.71. The zero-order valence-corrected chi connectivity index (χ0v) is 11.1. The second kappa shape index (κ2) is 4.47. The minimum absolute atomic E-state index is 0.605. The van der Waals surface area contributed by atoms with Crippen LogP contribution in [0.25, 0.3) is 0 Å². The lowest BCUT2D eigenvalue weighted by Gasteiger charge is -2.24. The molecule has 0 aliphatic rings. The Hall–Kier alpha value is -1.38. The summed E-state index contributed by atoms with van der Waals surface area (Å²) >= 11 is 0. The van der Waals surface area contributed by atoms with E-state index in [1.165, 1.54) is 0 Å². The molecule has 1 aromatic carbocycles. The molecule has 17 heavy (non-hydrogen) atoms. The molecule has 1 atom stereocenters.